The molecule has 1 aromatic heterocycles. The lowest BCUT2D eigenvalue weighted by atomic mass is 10.2. The van der Waals surface area contributed by atoms with Gasteiger partial charge in [-0.25, -0.2) is 0 Å². The number of nitrogens with zero attached hydrogens (tertiary/aromatic N) is 3. The van der Waals surface area contributed by atoms with Gasteiger partial charge in [-0.2, -0.15) is 14.0 Å². The zero-order valence-electron chi connectivity index (χ0n) is 11.7. The maximum atomic E-state index is 12.1. The molecule has 1 atom stereocenters. The molecule has 0 amide bonds. The van der Waals surface area contributed by atoms with Crippen molar-refractivity contribution in [2.45, 2.75) is 36.8 Å². The number of rotatable bonds is 7. The molecule has 0 bridgehead atoms. The van der Waals surface area contributed by atoms with Crippen LogP contribution in [0.3, 0.4) is 0 Å². The van der Waals surface area contributed by atoms with E-state index in [1.54, 1.807) is 12.1 Å². The number of aromatic nitrogens is 2. The first kappa shape index (κ1) is 16.2. The summed E-state index contributed by atoms with van der Waals surface area (Å²) in [5.41, 5.74) is 0.616. The number of ether oxygens (including phenoxy) is 1. The maximum absolute atomic E-state index is 12.1. The number of halogens is 2. The van der Waals surface area contributed by atoms with Crippen molar-refractivity contribution in [2.75, 3.05) is 0 Å². The molecule has 0 radical (unpaired) electrons. The second kappa shape index (κ2) is 7.75. The molecule has 0 aliphatic heterocycles. The molecule has 0 spiro atoms. The molecule has 0 saturated carbocycles. The maximum Gasteiger partial charge on any atom is 0.387 e. The van der Waals surface area contributed by atoms with Crippen molar-refractivity contribution in [3.8, 4) is 23.3 Å². The normalized spacial score (nSPS) is 12.1. The van der Waals surface area contributed by atoms with Crippen LogP contribution in [-0.2, 0) is 0 Å². The highest BCUT2D eigenvalue weighted by Crippen LogP contribution is 2.28. The molecule has 0 aliphatic rings. The van der Waals surface area contributed by atoms with E-state index < -0.39 is 6.61 Å². The highest BCUT2D eigenvalue weighted by atomic mass is 32.2. The van der Waals surface area contributed by atoms with E-state index >= 15 is 0 Å². The minimum atomic E-state index is -2.85. The Labute approximate surface area is 130 Å². The molecule has 0 saturated heterocycles. The largest absolute Gasteiger partial charge is 0.435 e. The van der Waals surface area contributed by atoms with Crippen LogP contribution >= 0.6 is 11.8 Å². The Morgan fingerprint density at radius 3 is 2.68 bits per heavy atom. The molecule has 1 aromatic carbocycles. The van der Waals surface area contributed by atoms with Gasteiger partial charge in [-0.15, -0.1) is 10.2 Å². The summed E-state index contributed by atoms with van der Waals surface area (Å²) < 4.78 is 33.9. The van der Waals surface area contributed by atoms with Crippen LogP contribution in [-0.4, -0.2) is 22.1 Å². The van der Waals surface area contributed by atoms with E-state index in [9.17, 15) is 8.78 Å². The smallest absolute Gasteiger partial charge is 0.387 e. The molecule has 116 valence electrons. The van der Waals surface area contributed by atoms with Crippen LogP contribution in [0, 0.1) is 11.3 Å². The van der Waals surface area contributed by atoms with Gasteiger partial charge in [0.1, 0.15) is 5.75 Å². The molecule has 1 unspecified atom stereocenters. The van der Waals surface area contributed by atoms with Gasteiger partial charge in [0.15, 0.2) is 0 Å². The fourth-order valence-corrected chi connectivity index (χ4v) is 2.45. The quantitative estimate of drug-likeness (QED) is 0.713. The molecular weight excluding hydrogens is 312 g/mol. The Bertz CT molecular complexity index is 640. The number of benzene rings is 1. The van der Waals surface area contributed by atoms with Crippen molar-refractivity contribution in [3.63, 3.8) is 0 Å². The number of nitriles is 1. The number of thioether (sulfide) groups is 1. The second-order valence-electron chi connectivity index (χ2n) is 4.40. The van der Waals surface area contributed by atoms with Crippen LogP contribution in [0.15, 0.2) is 33.9 Å². The number of hydrogen-bond donors (Lipinski definition) is 0. The average Bonchev–Trinajstić information content (AvgIpc) is 2.93. The van der Waals surface area contributed by atoms with E-state index in [1.165, 1.54) is 23.9 Å². The Kier molecular flexibility index (Phi) is 5.72. The van der Waals surface area contributed by atoms with Gasteiger partial charge in [-0.3, -0.25) is 0 Å². The fourth-order valence-electron chi connectivity index (χ4n) is 1.65. The van der Waals surface area contributed by atoms with Crippen molar-refractivity contribution >= 4 is 11.8 Å². The van der Waals surface area contributed by atoms with Gasteiger partial charge in [-0.05, 0) is 30.7 Å². The van der Waals surface area contributed by atoms with E-state index in [2.05, 4.69) is 21.0 Å². The third-order valence-electron chi connectivity index (χ3n) is 2.70. The standard InChI is InChI=1S/C14H13F2N3O2S/c1-9(3-2-8-17)22-14-19-18-12(21-14)10-4-6-11(7-5-10)20-13(15)16/h4-7,9,13H,2-3H2,1H3. The summed E-state index contributed by atoms with van der Waals surface area (Å²) in [6.45, 7) is -0.880. The third kappa shape index (κ3) is 4.70. The SMILES string of the molecule is CC(CCC#N)Sc1nnc(-c2ccc(OC(F)F)cc2)o1. The average molecular weight is 325 g/mol. The molecular formula is C14H13F2N3O2S. The van der Waals surface area contributed by atoms with Gasteiger partial charge >= 0.3 is 6.61 Å². The van der Waals surface area contributed by atoms with Gasteiger partial charge in [0.25, 0.3) is 5.22 Å². The second-order valence-corrected chi connectivity index (χ2v) is 5.79. The van der Waals surface area contributed by atoms with Crippen molar-refractivity contribution in [1.29, 1.82) is 5.26 Å². The molecule has 2 rings (SSSR count). The lowest BCUT2D eigenvalue weighted by molar-refractivity contribution is -0.0498. The summed E-state index contributed by atoms with van der Waals surface area (Å²) in [6, 6.07) is 8.05. The van der Waals surface area contributed by atoms with Gasteiger partial charge in [0, 0.05) is 17.2 Å². The molecule has 8 heteroatoms. The predicted molar refractivity (Wildman–Crippen MR) is 76.5 cm³/mol. The molecule has 0 fully saturated rings. The molecule has 5 nitrogen and oxygen atoms in total. The van der Waals surface area contributed by atoms with E-state index in [0.717, 1.165) is 6.42 Å². The Morgan fingerprint density at radius 1 is 1.32 bits per heavy atom. The lowest BCUT2D eigenvalue weighted by Gasteiger charge is -2.04. The van der Waals surface area contributed by atoms with Crippen molar-refractivity contribution in [2.24, 2.45) is 0 Å². The molecule has 0 N–H and O–H groups in total. The van der Waals surface area contributed by atoms with Crippen LogP contribution in [0.5, 0.6) is 5.75 Å². The predicted octanol–water partition coefficient (Wildman–Crippen LogP) is 4.12. The third-order valence-corrected chi connectivity index (χ3v) is 3.70. The first-order valence-electron chi connectivity index (χ1n) is 6.51. The highest BCUT2D eigenvalue weighted by Gasteiger charge is 2.13. The first-order chi connectivity index (χ1) is 10.6. The van der Waals surface area contributed by atoms with Crippen LogP contribution < -0.4 is 4.74 Å². The van der Waals surface area contributed by atoms with Crippen LogP contribution in [0.1, 0.15) is 19.8 Å². The summed E-state index contributed by atoms with van der Waals surface area (Å²) in [6.07, 6.45) is 1.21. The van der Waals surface area contributed by atoms with E-state index in [0.29, 0.717) is 23.1 Å². The van der Waals surface area contributed by atoms with Gasteiger partial charge in [0.05, 0.1) is 6.07 Å². The summed E-state index contributed by atoms with van der Waals surface area (Å²) in [5, 5.41) is 17.0. The monoisotopic (exact) mass is 325 g/mol. The fraction of sp³-hybridized carbons (Fsp3) is 0.357. The topological polar surface area (TPSA) is 71.9 Å². The Hall–Kier alpha value is -2.14. The van der Waals surface area contributed by atoms with Crippen LogP contribution in [0.25, 0.3) is 11.5 Å². The van der Waals surface area contributed by atoms with Gasteiger partial charge in [0.2, 0.25) is 5.89 Å². The van der Waals surface area contributed by atoms with E-state index in [4.69, 9.17) is 9.68 Å². The highest BCUT2D eigenvalue weighted by molar-refractivity contribution is 7.99. The van der Waals surface area contributed by atoms with E-state index in [-0.39, 0.29) is 11.0 Å². The van der Waals surface area contributed by atoms with Crippen molar-refractivity contribution in [1.82, 2.24) is 10.2 Å². The van der Waals surface area contributed by atoms with Gasteiger partial charge < -0.3 is 9.15 Å². The summed E-state index contributed by atoms with van der Waals surface area (Å²) in [5.74, 6) is 0.372. The Balaban J connectivity index is 2.00. The molecule has 0 aliphatic carbocycles. The zero-order chi connectivity index (χ0) is 15.9. The van der Waals surface area contributed by atoms with Gasteiger partial charge in [-0.1, -0.05) is 18.7 Å². The van der Waals surface area contributed by atoms with E-state index in [1.807, 2.05) is 6.92 Å². The summed E-state index contributed by atoms with van der Waals surface area (Å²) >= 11 is 1.40. The minimum absolute atomic E-state index is 0.0676. The van der Waals surface area contributed by atoms with Crippen LogP contribution in [0.4, 0.5) is 8.78 Å². The zero-order valence-corrected chi connectivity index (χ0v) is 12.5. The van der Waals surface area contributed by atoms with Crippen molar-refractivity contribution in [3.05, 3.63) is 24.3 Å². The molecule has 2 aromatic rings. The first-order valence-corrected chi connectivity index (χ1v) is 7.39. The minimum Gasteiger partial charge on any atom is -0.435 e. The Morgan fingerprint density at radius 2 is 2.05 bits per heavy atom. The van der Waals surface area contributed by atoms with Crippen molar-refractivity contribution < 1.29 is 17.9 Å². The molecule has 1 heterocycles. The number of alkyl halides is 2. The molecule has 22 heavy (non-hydrogen) atoms. The summed E-state index contributed by atoms with van der Waals surface area (Å²) in [7, 11) is 0. The lowest BCUT2D eigenvalue weighted by Crippen LogP contribution is -2.01. The van der Waals surface area contributed by atoms with Crippen LogP contribution in [0.2, 0.25) is 0 Å². The number of hydrogen-bond acceptors (Lipinski definition) is 6. The summed E-state index contributed by atoms with van der Waals surface area (Å²) in [4.78, 5) is 0.